The SMILES string of the molecule is COC(=O)c1ccc(C2(N)CCC(F)(F)CC2)s1. The van der Waals surface area contributed by atoms with Gasteiger partial charge in [-0.15, -0.1) is 11.3 Å². The van der Waals surface area contributed by atoms with Gasteiger partial charge in [0.2, 0.25) is 5.92 Å². The highest BCUT2D eigenvalue weighted by molar-refractivity contribution is 7.14. The molecule has 1 saturated carbocycles. The minimum Gasteiger partial charge on any atom is -0.465 e. The van der Waals surface area contributed by atoms with Gasteiger partial charge in [-0.05, 0) is 25.0 Å². The van der Waals surface area contributed by atoms with Crippen LogP contribution in [0.15, 0.2) is 12.1 Å². The number of thiophene rings is 1. The zero-order valence-corrected chi connectivity index (χ0v) is 10.9. The zero-order valence-electron chi connectivity index (χ0n) is 10.0. The van der Waals surface area contributed by atoms with Crippen LogP contribution in [-0.4, -0.2) is 19.0 Å². The molecule has 100 valence electrons. The van der Waals surface area contributed by atoms with Crippen molar-refractivity contribution in [1.82, 2.24) is 0 Å². The van der Waals surface area contributed by atoms with Crippen LogP contribution in [0.25, 0.3) is 0 Å². The highest BCUT2D eigenvalue weighted by atomic mass is 32.1. The number of nitrogens with two attached hydrogens (primary N) is 1. The number of hydrogen-bond donors (Lipinski definition) is 1. The van der Waals surface area contributed by atoms with Gasteiger partial charge in [0.05, 0.1) is 12.6 Å². The second kappa shape index (κ2) is 4.59. The third kappa shape index (κ3) is 2.54. The molecule has 0 radical (unpaired) electrons. The van der Waals surface area contributed by atoms with Gasteiger partial charge in [-0.25, -0.2) is 13.6 Å². The summed E-state index contributed by atoms with van der Waals surface area (Å²) in [4.78, 5) is 12.6. The molecular weight excluding hydrogens is 260 g/mol. The molecule has 1 heterocycles. The van der Waals surface area contributed by atoms with Crippen LogP contribution in [0.2, 0.25) is 0 Å². The first-order chi connectivity index (χ1) is 8.36. The lowest BCUT2D eigenvalue weighted by Gasteiger charge is -2.36. The van der Waals surface area contributed by atoms with E-state index in [1.54, 1.807) is 12.1 Å². The van der Waals surface area contributed by atoms with Crippen LogP contribution in [0.1, 0.15) is 40.2 Å². The predicted octanol–water partition coefficient (Wildman–Crippen LogP) is 2.90. The molecule has 1 aromatic heterocycles. The highest BCUT2D eigenvalue weighted by Crippen LogP contribution is 2.44. The van der Waals surface area contributed by atoms with Crippen molar-refractivity contribution in [2.45, 2.75) is 37.1 Å². The van der Waals surface area contributed by atoms with Crippen LogP contribution in [0.5, 0.6) is 0 Å². The normalized spacial score (nSPS) is 21.6. The monoisotopic (exact) mass is 275 g/mol. The van der Waals surface area contributed by atoms with E-state index in [-0.39, 0.29) is 25.7 Å². The van der Waals surface area contributed by atoms with Crippen LogP contribution in [0.3, 0.4) is 0 Å². The lowest BCUT2D eigenvalue weighted by atomic mass is 9.80. The highest BCUT2D eigenvalue weighted by Gasteiger charge is 2.42. The van der Waals surface area contributed by atoms with Gasteiger partial charge in [-0.2, -0.15) is 0 Å². The maximum Gasteiger partial charge on any atom is 0.348 e. The molecular formula is C12H15F2NO2S. The fourth-order valence-electron chi connectivity index (χ4n) is 2.12. The Morgan fingerprint density at radius 2 is 1.94 bits per heavy atom. The molecule has 0 unspecified atom stereocenters. The molecule has 18 heavy (non-hydrogen) atoms. The molecule has 2 N–H and O–H groups in total. The Bertz CT molecular complexity index is 449. The molecule has 1 fully saturated rings. The number of hydrogen-bond acceptors (Lipinski definition) is 4. The summed E-state index contributed by atoms with van der Waals surface area (Å²) in [5, 5.41) is 0. The van der Waals surface area contributed by atoms with Crippen molar-refractivity contribution >= 4 is 17.3 Å². The Morgan fingerprint density at radius 1 is 1.33 bits per heavy atom. The molecule has 0 bridgehead atoms. The summed E-state index contributed by atoms with van der Waals surface area (Å²) in [6, 6.07) is 3.37. The van der Waals surface area contributed by atoms with Crippen LogP contribution >= 0.6 is 11.3 Å². The van der Waals surface area contributed by atoms with Gasteiger partial charge in [-0.3, -0.25) is 0 Å². The Hall–Kier alpha value is -1.01. The number of esters is 1. The molecule has 2 rings (SSSR count). The van der Waals surface area contributed by atoms with Crippen LogP contribution in [-0.2, 0) is 10.3 Å². The van der Waals surface area contributed by atoms with E-state index in [9.17, 15) is 13.6 Å². The molecule has 0 atom stereocenters. The van der Waals surface area contributed by atoms with Crippen molar-refractivity contribution in [2.24, 2.45) is 5.73 Å². The second-order valence-corrected chi connectivity index (χ2v) is 5.75. The predicted molar refractivity (Wildman–Crippen MR) is 64.9 cm³/mol. The number of carbonyl (C=O) groups excluding carboxylic acids is 1. The molecule has 0 aliphatic heterocycles. The molecule has 1 aromatic rings. The minimum atomic E-state index is -2.61. The summed E-state index contributed by atoms with van der Waals surface area (Å²) in [7, 11) is 1.31. The lowest BCUT2D eigenvalue weighted by molar-refractivity contribution is -0.0509. The van der Waals surface area contributed by atoms with Crippen molar-refractivity contribution in [3.05, 3.63) is 21.9 Å². The minimum absolute atomic E-state index is 0.199. The number of carbonyl (C=O) groups is 1. The Kier molecular flexibility index (Phi) is 3.42. The zero-order chi connectivity index (χ0) is 13.4. The fraction of sp³-hybridized carbons (Fsp3) is 0.583. The van der Waals surface area contributed by atoms with E-state index >= 15 is 0 Å². The number of methoxy groups -OCH3 is 1. The van der Waals surface area contributed by atoms with Gasteiger partial charge in [0, 0.05) is 17.7 Å². The molecule has 1 aliphatic rings. The molecule has 3 nitrogen and oxygen atoms in total. The van der Waals surface area contributed by atoms with Crippen LogP contribution in [0, 0.1) is 0 Å². The van der Waals surface area contributed by atoms with E-state index in [1.165, 1.54) is 18.4 Å². The van der Waals surface area contributed by atoms with Crippen LogP contribution in [0.4, 0.5) is 8.78 Å². The first kappa shape index (κ1) is 13.4. The summed E-state index contributed by atoms with van der Waals surface area (Å²) >= 11 is 1.23. The van der Waals surface area contributed by atoms with Gasteiger partial charge in [0.1, 0.15) is 4.88 Å². The third-order valence-electron chi connectivity index (χ3n) is 3.36. The summed E-state index contributed by atoms with van der Waals surface area (Å²) in [6.45, 7) is 0. The van der Waals surface area contributed by atoms with Gasteiger partial charge in [-0.1, -0.05) is 0 Å². The van der Waals surface area contributed by atoms with E-state index in [4.69, 9.17) is 5.73 Å². The maximum absolute atomic E-state index is 13.1. The maximum atomic E-state index is 13.1. The lowest BCUT2D eigenvalue weighted by Crippen LogP contribution is -2.42. The largest absolute Gasteiger partial charge is 0.465 e. The average Bonchev–Trinajstić information content (AvgIpc) is 2.82. The van der Waals surface area contributed by atoms with Gasteiger partial charge in [0.25, 0.3) is 0 Å². The number of halogens is 2. The summed E-state index contributed by atoms with van der Waals surface area (Å²) in [6.07, 6.45) is 0.0756. The summed E-state index contributed by atoms with van der Waals surface area (Å²) < 4.78 is 30.9. The van der Waals surface area contributed by atoms with Crippen molar-refractivity contribution < 1.29 is 18.3 Å². The molecule has 6 heteroatoms. The first-order valence-corrected chi connectivity index (χ1v) is 6.53. The van der Waals surface area contributed by atoms with Gasteiger partial charge >= 0.3 is 5.97 Å². The molecule has 1 aliphatic carbocycles. The quantitative estimate of drug-likeness (QED) is 0.844. The van der Waals surface area contributed by atoms with E-state index in [0.717, 1.165) is 4.88 Å². The summed E-state index contributed by atoms with van der Waals surface area (Å²) in [5.41, 5.74) is 5.44. The number of alkyl halides is 2. The second-order valence-electron chi connectivity index (χ2n) is 4.67. The fourth-order valence-corrected chi connectivity index (χ4v) is 3.21. The Balaban J connectivity index is 2.16. The topological polar surface area (TPSA) is 52.3 Å². The number of rotatable bonds is 2. The molecule has 0 amide bonds. The Labute approximate surface area is 108 Å². The van der Waals surface area contributed by atoms with Crippen molar-refractivity contribution in [2.75, 3.05) is 7.11 Å². The van der Waals surface area contributed by atoms with Gasteiger partial charge < -0.3 is 10.5 Å². The molecule has 0 aromatic carbocycles. The Morgan fingerprint density at radius 3 is 2.50 bits per heavy atom. The van der Waals surface area contributed by atoms with Crippen molar-refractivity contribution in [3.8, 4) is 0 Å². The van der Waals surface area contributed by atoms with E-state index in [1.807, 2.05) is 0 Å². The molecule has 0 spiro atoms. The third-order valence-corrected chi connectivity index (χ3v) is 4.64. The van der Waals surface area contributed by atoms with E-state index < -0.39 is 17.4 Å². The first-order valence-electron chi connectivity index (χ1n) is 5.72. The smallest absolute Gasteiger partial charge is 0.348 e. The summed E-state index contributed by atoms with van der Waals surface area (Å²) in [5.74, 6) is -3.03. The van der Waals surface area contributed by atoms with E-state index in [2.05, 4.69) is 4.74 Å². The van der Waals surface area contributed by atoms with Crippen molar-refractivity contribution in [1.29, 1.82) is 0 Å². The van der Waals surface area contributed by atoms with Crippen molar-refractivity contribution in [3.63, 3.8) is 0 Å². The van der Waals surface area contributed by atoms with E-state index in [0.29, 0.717) is 4.88 Å². The molecule has 0 saturated heterocycles. The standard InChI is InChI=1S/C12H15F2NO2S/c1-17-10(16)8-2-3-9(18-8)11(15)4-6-12(13,14)7-5-11/h2-3H,4-7,15H2,1H3. The number of ether oxygens (including phenoxy) is 1. The van der Waals surface area contributed by atoms with Crippen LogP contribution < -0.4 is 5.73 Å². The van der Waals surface area contributed by atoms with Gasteiger partial charge in [0.15, 0.2) is 0 Å². The average molecular weight is 275 g/mol.